The molecule has 4 bridgehead atoms. The molecule has 0 aromatic rings. The molecular weight excluding hydrogens is 358 g/mol. The Balaban J connectivity index is 1.28. The molecule has 28 heavy (non-hydrogen) atoms. The number of nitrogens with one attached hydrogen (secondary N) is 3. The minimum atomic E-state index is -0.582. The van der Waals surface area contributed by atoms with Crippen LogP contribution in [0.25, 0.3) is 0 Å². The fraction of sp³-hybridized carbons (Fsp3) is 0.905. The highest BCUT2D eigenvalue weighted by Crippen LogP contribution is 2.57. The molecule has 0 aromatic carbocycles. The molecule has 0 radical (unpaired) electrons. The molecule has 5 fully saturated rings. The number of aliphatic hydroxyl groups is 1. The number of ether oxygens (including phenoxy) is 1. The SMILES string of the molecule is CC(C)(C)COC(=O)N[C@H]1CN[C@H](C(=O)NC23C[C@H]4C[C@@H](CC(O)(C4)C2)C3)C1. The molecule has 4 atom stereocenters. The third-order valence-electron chi connectivity index (χ3n) is 6.82. The molecule has 7 heteroatoms. The Morgan fingerprint density at radius 3 is 2.43 bits per heavy atom. The first kappa shape index (κ1) is 20.0. The topological polar surface area (TPSA) is 99.7 Å². The number of carbonyl (C=O) groups excluding carboxylic acids is 2. The summed E-state index contributed by atoms with van der Waals surface area (Å²) in [7, 11) is 0. The standard InChI is InChI=1S/C21H35N3O4/c1-19(2,3)12-28-18(26)23-15-5-16(22-10-15)17(25)24-20-6-13-4-14(7-20)9-21(27,8-13)11-20/h13-16,22,27H,4-12H2,1-3H3,(H,23,26)(H,24,25)/t13-,14-,15-,16+,20?,21?/m1/s1. The molecule has 0 aromatic heterocycles. The second-order valence-corrected chi connectivity index (χ2v) is 11.1. The smallest absolute Gasteiger partial charge is 0.407 e. The van der Waals surface area contributed by atoms with Crippen molar-refractivity contribution < 1.29 is 19.4 Å². The van der Waals surface area contributed by atoms with Crippen molar-refractivity contribution in [3.8, 4) is 0 Å². The lowest BCUT2D eigenvalue weighted by Crippen LogP contribution is -2.66. The predicted octanol–water partition coefficient (Wildman–Crippen LogP) is 1.69. The fourth-order valence-corrected chi connectivity index (χ4v) is 6.24. The molecular formula is C21H35N3O4. The van der Waals surface area contributed by atoms with Crippen LogP contribution in [0.2, 0.25) is 0 Å². The van der Waals surface area contributed by atoms with E-state index in [4.69, 9.17) is 4.74 Å². The number of rotatable bonds is 4. The van der Waals surface area contributed by atoms with E-state index < -0.39 is 11.7 Å². The van der Waals surface area contributed by atoms with E-state index in [0.717, 1.165) is 25.7 Å². The van der Waals surface area contributed by atoms with Gasteiger partial charge >= 0.3 is 6.09 Å². The number of carbonyl (C=O) groups is 2. The van der Waals surface area contributed by atoms with Crippen molar-refractivity contribution in [3.05, 3.63) is 0 Å². The van der Waals surface area contributed by atoms with E-state index in [-0.39, 0.29) is 28.9 Å². The summed E-state index contributed by atoms with van der Waals surface area (Å²) in [6.07, 6.45) is 5.79. The van der Waals surface area contributed by atoms with Crippen LogP contribution in [0.5, 0.6) is 0 Å². The van der Waals surface area contributed by atoms with Gasteiger partial charge in [0.15, 0.2) is 0 Å². The van der Waals surface area contributed by atoms with Crippen LogP contribution in [0.1, 0.15) is 65.7 Å². The van der Waals surface area contributed by atoms with Crippen molar-refractivity contribution in [2.45, 2.75) is 88.9 Å². The highest BCUT2D eigenvalue weighted by atomic mass is 16.5. The van der Waals surface area contributed by atoms with Crippen molar-refractivity contribution in [1.82, 2.24) is 16.0 Å². The molecule has 2 amide bonds. The second kappa shape index (κ2) is 6.87. The van der Waals surface area contributed by atoms with Gasteiger partial charge in [-0.1, -0.05) is 20.8 Å². The third-order valence-corrected chi connectivity index (χ3v) is 6.82. The highest BCUT2D eigenvalue weighted by Gasteiger charge is 2.58. The van der Waals surface area contributed by atoms with Crippen LogP contribution in [0.15, 0.2) is 0 Å². The summed E-state index contributed by atoms with van der Waals surface area (Å²) >= 11 is 0. The third kappa shape index (κ3) is 4.30. The minimum Gasteiger partial charge on any atom is -0.449 e. The zero-order valence-corrected chi connectivity index (χ0v) is 17.3. The highest BCUT2D eigenvalue weighted by molar-refractivity contribution is 5.83. The van der Waals surface area contributed by atoms with E-state index in [2.05, 4.69) is 16.0 Å². The minimum absolute atomic E-state index is 0.00194. The summed E-state index contributed by atoms with van der Waals surface area (Å²) in [5.41, 5.74) is -0.897. The Morgan fingerprint density at radius 1 is 1.14 bits per heavy atom. The van der Waals surface area contributed by atoms with Crippen molar-refractivity contribution in [1.29, 1.82) is 0 Å². The van der Waals surface area contributed by atoms with Crippen molar-refractivity contribution in [3.63, 3.8) is 0 Å². The number of alkyl carbamates (subject to hydrolysis) is 1. The van der Waals surface area contributed by atoms with E-state index in [9.17, 15) is 14.7 Å². The number of hydrogen-bond acceptors (Lipinski definition) is 5. The normalized spacial score (nSPS) is 41.7. The van der Waals surface area contributed by atoms with Gasteiger partial charge in [0.2, 0.25) is 5.91 Å². The Labute approximate surface area is 167 Å². The Kier molecular flexibility index (Phi) is 4.90. The zero-order valence-electron chi connectivity index (χ0n) is 17.3. The molecule has 1 saturated heterocycles. The van der Waals surface area contributed by atoms with Crippen LogP contribution >= 0.6 is 0 Å². The van der Waals surface area contributed by atoms with Crippen molar-refractivity contribution >= 4 is 12.0 Å². The largest absolute Gasteiger partial charge is 0.449 e. The lowest BCUT2D eigenvalue weighted by Gasteiger charge is -2.60. The van der Waals surface area contributed by atoms with Gasteiger partial charge in [0.25, 0.3) is 0 Å². The average molecular weight is 394 g/mol. The molecule has 5 rings (SSSR count). The van der Waals surface area contributed by atoms with E-state index >= 15 is 0 Å². The van der Waals surface area contributed by atoms with Gasteiger partial charge in [0, 0.05) is 18.1 Å². The van der Waals surface area contributed by atoms with Crippen LogP contribution in [0.3, 0.4) is 0 Å². The zero-order chi connectivity index (χ0) is 20.2. The summed E-state index contributed by atoms with van der Waals surface area (Å²) in [5, 5.41) is 20.3. The number of hydrogen-bond donors (Lipinski definition) is 4. The van der Waals surface area contributed by atoms with E-state index in [1.165, 1.54) is 6.42 Å². The predicted molar refractivity (Wildman–Crippen MR) is 105 cm³/mol. The lowest BCUT2D eigenvalue weighted by atomic mass is 9.51. The lowest BCUT2D eigenvalue weighted by molar-refractivity contribution is -0.151. The van der Waals surface area contributed by atoms with Crippen molar-refractivity contribution in [2.75, 3.05) is 13.2 Å². The van der Waals surface area contributed by atoms with E-state index in [1.807, 2.05) is 20.8 Å². The quantitative estimate of drug-likeness (QED) is 0.582. The van der Waals surface area contributed by atoms with Crippen LogP contribution in [0, 0.1) is 17.3 Å². The summed E-state index contributed by atoms with van der Waals surface area (Å²) in [6, 6.07) is -0.417. The van der Waals surface area contributed by atoms with Gasteiger partial charge in [0.05, 0.1) is 18.2 Å². The van der Waals surface area contributed by atoms with E-state index in [0.29, 0.717) is 37.8 Å². The van der Waals surface area contributed by atoms with Crippen LogP contribution in [0.4, 0.5) is 4.79 Å². The van der Waals surface area contributed by atoms with Gasteiger partial charge in [-0.2, -0.15) is 0 Å². The van der Waals surface area contributed by atoms with Crippen LogP contribution in [-0.4, -0.2) is 53.5 Å². The van der Waals surface area contributed by atoms with Gasteiger partial charge in [-0.05, 0) is 62.2 Å². The first-order chi connectivity index (χ1) is 13.0. The molecule has 158 valence electrons. The summed E-state index contributed by atoms with van der Waals surface area (Å²) in [4.78, 5) is 24.9. The van der Waals surface area contributed by atoms with Gasteiger partial charge in [0.1, 0.15) is 0 Å². The second-order valence-electron chi connectivity index (χ2n) is 11.1. The van der Waals surface area contributed by atoms with E-state index in [1.54, 1.807) is 0 Å². The molecule has 0 spiro atoms. The molecule has 0 unspecified atom stereocenters. The maximum absolute atomic E-state index is 12.9. The van der Waals surface area contributed by atoms with Gasteiger partial charge < -0.3 is 25.8 Å². The van der Waals surface area contributed by atoms with Crippen molar-refractivity contribution in [2.24, 2.45) is 17.3 Å². The average Bonchev–Trinajstić information content (AvgIpc) is 2.98. The summed E-state index contributed by atoms with van der Waals surface area (Å²) < 4.78 is 5.26. The monoisotopic (exact) mass is 393 g/mol. The van der Waals surface area contributed by atoms with Gasteiger partial charge in [-0.15, -0.1) is 0 Å². The molecule has 4 saturated carbocycles. The Bertz CT molecular complexity index is 630. The van der Waals surface area contributed by atoms with Gasteiger partial charge in [-0.3, -0.25) is 4.79 Å². The molecule has 7 nitrogen and oxygen atoms in total. The maximum Gasteiger partial charge on any atom is 0.407 e. The number of amides is 2. The first-order valence-electron chi connectivity index (χ1n) is 10.7. The molecule has 4 N–H and O–H groups in total. The van der Waals surface area contributed by atoms with Crippen LogP contribution in [-0.2, 0) is 9.53 Å². The molecule has 1 heterocycles. The summed E-state index contributed by atoms with van der Waals surface area (Å²) in [6.45, 7) is 6.96. The maximum atomic E-state index is 12.9. The van der Waals surface area contributed by atoms with Gasteiger partial charge in [-0.25, -0.2) is 4.79 Å². The molecule has 1 aliphatic heterocycles. The fourth-order valence-electron chi connectivity index (χ4n) is 6.24. The Morgan fingerprint density at radius 2 is 1.82 bits per heavy atom. The molecule has 4 aliphatic carbocycles. The Hall–Kier alpha value is -1.34. The summed E-state index contributed by atoms with van der Waals surface area (Å²) in [5.74, 6) is 1.07. The molecule has 5 aliphatic rings. The van der Waals surface area contributed by atoms with Crippen LogP contribution < -0.4 is 16.0 Å². The first-order valence-corrected chi connectivity index (χ1v) is 10.7.